The number of hydrogen-bond acceptors (Lipinski definition) is 23. The van der Waals surface area contributed by atoms with Crippen LogP contribution in [-0.2, 0) is 86.6 Å². The quantitative estimate of drug-likeness (QED) is 0.0315. The summed E-state index contributed by atoms with van der Waals surface area (Å²) in [5, 5.41) is 96.1. The molecule has 107 heavy (non-hydrogen) atoms. The van der Waals surface area contributed by atoms with Crippen LogP contribution in [0.15, 0.2) is 36.8 Å². The maximum Gasteiger partial charge on any atom is 0.320 e. The van der Waals surface area contributed by atoms with E-state index in [2.05, 4.69) is 41.9 Å². The second kappa shape index (κ2) is 47.4. The van der Waals surface area contributed by atoms with E-state index in [0.717, 1.165) is 5.69 Å². The van der Waals surface area contributed by atoms with Crippen molar-refractivity contribution >= 4 is 83.2 Å². The van der Waals surface area contributed by atoms with Crippen molar-refractivity contribution in [3.05, 3.63) is 53.6 Å². The van der Waals surface area contributed by atoms with E-state index < -0.39 is 166 Å². The summed E-state index contributed by atoms with van der Waals surface area (Å²) in [6, 6.07) is 0.661. The van der Waals surface area contributed by atoms with Gasteiger partial charge in [0.05, 0.1) is 45.6 Å². The van der Waals surface area contributed by atoms with Crippen LogP contribution >= 0.6 is 0 Å². The summed E-state index contributed by atoms with van der Waals surface area (Å²) in [6.45, 7) is 6.48. The Kier molecular flexibility index (Phi) is 39.9. The van der Waals surface area contributed by atoms with Crippen molar-refractivity contribution in [2.75, 3.05) is 151 Å². The highest BCUT2D eigenvalue weighted by Crippen LogP contribution is 2.17. The lowest BCUT2D eigenvalue weighted by molar-refractivity contribution is -0.145. The second-order valence-electron chi connectivity index (χ2n) is 27.6. The van der Waals surface area contributed by atoms with Crippen molar-refractivity contribution in [3.8, 4) is 0 Å². The summed E-state index contributed by atoms with van der Waals surface area (Å²) in [5.41, 5.74) is 1.95. The molecular weight excluding hydrogens is 1400 g/mol. The van der Waals surface area contributed by atoms with Crippen LogP contribution < -0.4 is 31.9 Å². The van der Waals surface area contributed by atoms with Crippen LogP contribution in [0.2, 0.25) is 0 Å². The van der Waals surface area contributed by atoms with Gasteiger partial charge in [0, 0.05) is 161 Å². The van der Waals surface area contributed by atoms with Crippen LogP contribution in [0.3, 0.4) is 0 Å². The van der Waals surface area contributed by atoms with E-state index in [9.17, 15) is 108 Å². The van der Waals surface area contributed by atoms with Gasteiger partial charge in [0.15, 0.2) is 0 Å². The highest BCUT2D eigenvalue weighted by Gasteiger charge is 2.35. The van der Waals surface area contributed by atoms with Crippen LogP contribution in [0.25, 0.3) is 0 Å². The van der Waals surface area contributed by atoms with Crippen molar-refractivity contribution in [1.29, 1.82) is 0 Å². The Labute approximate surface area is 621 Å². The van der Waals surface area contributed by atoms with Gasteiger partial charge in [0.2, 0.25) is 35.4 Å². The molecule has 0 spiro atoms. The first-order chi connectivity index (χ1) is 50.7. The molecule has 0 aliphatic carbocycles. The second-order valence-corrected chi connectivity index (χ2v) is 27.6. The number of carbonyl (C=O) groups is 14. The fraction of sp³-hybridized carbons (Fsp3) is 0.667. The molecule has 2 fully saturated rings. The van der Waals surface area contributed by atoms with Crippen molar-refractivity contribution in [1.82, 2.24) is 81.1 Å². The highest BCUT2D eigenvalue weighted by molar-refractivity contribution is 5.93. The average molecular weight is 1520 g/mol. The third-order valence-corrected chi connectivity index (χ3v) is 18.7. The lowest BCUT2D eigenvalue weighted by atomic mass is 9.95. The zero-order chi connectivity index (χ0) is 79.3. The van der Waals surface area contributed by atoms with Crippen molar-refractivity contribution in [3.63, 3.8) is 0 Å². The Morgan fingerprint density at radius 2 is 0.804 bits per heavy atom. The minimum atomic E-state index is -1.42. The van der Waals surface area contributed by atoms with E-state index in [-0.39, 0.29) is 168 Å². The molecule has 0 saturated carbocycles. The SMILES string of the molecule is CCC(C)[C@H](NC(=O)[C@@H](C)Cc1cnc[nH]1)C(=O)N[C@@H](CC(C)C)C(=O)NCc1ccc(CNC(=O)[C@H](CCNC(=O)CCC(C(=O)O)N2CCN(CC(=O)O)CCN(CC(=O)O)CCN(CC(=O)O)CC2)NC(=O)CCC(C(=O)O)N2CCN(CC(=O)O)CCN(CC(=O)O)CCN(CC(=O)O)CC2)cc1. The first kappa shape index (κ1) is 90.1. The zero-order valence-electron chi connectivity index (χ0n) is 61.7. The zero-order valence-corrected chi connectivity index (χ0v) is 61.7. The molecule has 38 heteroatoms. The van der Waals surface area contributed by atoms with Gasteiger partial charge in [-0.25, -0.2) is 4.98 Å². The van der Waals surface area contributed by atoms with Crippen molar-refractivity contribution in [2.45, 2.75) is 129 Å². The Morgan fingerprint density at radius 1 is 0.439 bits per heavy atom. The first-order valence-corrected chi connectivity index (χ1v) is 36.0. The molecule has 1 aromatic carbocycles. The van der Waals surface area contributed by atoms with E-state index in [1.165, 1.54) is 35.7 Å². The van der Waals surface area contributed by atoms with Gasteiger partial charge in [0.1, 0.15) is 30.2 Å². The predicted octanol–water partition coefficient (Wildman–Crippen LogP) is -3.01. The van der Waals surface area contributed by atoms with Gasteiger partial charge in [-0.3, -0.25) is 106 Å². The van der Waals surface area contributed by atoms with E-state index in [0.29, 0.717) is 24.0 Å². The maximum atomic E-state index is 14.3. The highest BCUT2D eigenvalue weighted by atomic mass is 16.4. The van der Waals surface area contributed by atoms with E-state index in [1.54, 1.807) is 47.2 Å². The number of carbonyl (C=O) groups excluding carboxylic acids is 6. The molecule has 3 heterocycles. The van der Waals surface area contributed by atoms with Gasteiger partial charge in [0.25, 0.3) is 0 Å². The number of aromatic amines is 1. The van der Waals surface area contributed by atoms with Crippen molar-refractivity contribution in [2.24, 2.45) is 17.8 Å². The van der Waals surface area contributed by atoms with Crippen LogP contribution in [0.4, 0.5) is 0 Å². The smallest absolute Gasteiger partial charge is 0.320 e. The molecule has 38 nitrogen and oxygen atoms in total. The fourth-order valence-electron chi connectivity index (χ4n) is 12.4. The Balaban J connectivity index is 1.54. The van der Waals surface area contributed by atoms with Crippen LogP contribution in [-0.4, -0.2) is 354 Å². The summed E-state index contributed by atoms with van der Waals surface area (Å²) < 4.78 is 0. The third-order valence-electron chi connectivity index (χ3n) is 18.7. The number of H-pyrrole nitrogens is 1. The number of aromatic nitrogens is 2. The normalized spacial score (nSPS) is 17.8. The molecule has 2 aliphatic heterocycles. The number of rotatable bonds is 42. The van der Waals surface area contributed by atoms with Gasteiger partial charge in [-0.05, 0) is 48.6 Å². The number of amides is 6. The van der Waals surface area contributed by atoms with Gasteiger partial charge >= 0.3 is 47.8 Å². The number of hydrogen-bond donors (Lipinski definition) is 15. The van der Waals surface area contributed by atoms with E-state index >= 15 is 0 Å². The van der Waals surface area contributed by atoms with Gasteiger partial charge < -0.3 is 77.7 Å². The van der Waals surface area contributed by atoms with Gasteiger partial charge in [-0.2, -0.15) is 0 Å². The number of nitrogens with zero attached hydrogens (tertiary/aromatic N) is 9. The third kappa shape index (κ3) is 35.8. The molecule has 0 bridgehead atoms. The molecular formula is C69H110N16O22. The number of benzene rings is 1. The topological polar surface area (TPSA) is 528 Å². The number of imidazole rings is 1. The Morgan fingerprint density at radius 3 is 1.14 bits per heavy atom. The van der Waals surface area contributed by atoms with Gasteiger partial charge in [-0.15, -0.1) is 0 Å². The number of aliphatic carboxylic acids is 8. The summed E-state index contributed by atoms with van der Waals surface area (Å²) in [5.74, 6) is -14.2. The summed E-state index contributed by atoms with van der Waals surface area (Å²) >= 11 is 0. The summed E-state index contributed by atoms with van der Waals surface area (Å²) in [4.78, 5) is 200. The standard InChI is InChI=1S/C69H110N16O22/c1-6-46(4)63(77-64(100)47(5)34-50-37-70-44-74-50)67(103)76-52(33-45(2)3)66(102)73-36-49-9-7-48(8-10-49)35-72-65(101)51(75-56(87)14-12-54(69(106)107)85-31-27-82(42-61(96)97)23-19-79(39-58(90)91)20-24-83(28-32-85)43-62(98)99)15-16-71-55(86)13-11-53(68(104)105)84-29-25-80(40-59(92)93)21-17-78(38-57(88)89)18-22-81(26-30-84)41-60(94)95/h7-10,37,44-47,51-54,63H,6,11-36,38-43H2,1-5H3,(H,70,74)(H,71,86)(H,72,101)(H,73,102)(H,75,87)(H,76,103)(H,77,100)(H,88,89)(H,90,91)(H,92,93)(H,94,95)(H,96,97)(H,98,99)(H,104,105)(H,106,107)/t46?,47-,51-,52-,53?,54?,63-/m0/s1. The van der Waals surface area contributed by atoms with Gasteiger partial charge in [-0.1, -0.05) is 65.3 Å². The molecule has 7 atom stereocenters. The molecule has 4 rings (SSSR count). The molecule has 15 N–H and O–H groups in total. The Hall–Kier alpha value is -9.31. The molecule has 598 valence electrons. The minimum absolute atomic E-state index is 0.00174. The molecule has 2 aliphatic rings. The number of nitrogens with one attached hydrogen (secondary N) is 7. The number of carboxylic acid groups (broad SMARTS) is 8. The van der Waals surface area contributed by atoms with Crippen LogP contribution in [0, 0.1) is 17.8 Å². The largest absolute Gasteiger partial charge is 0.480 e. The molecule has 2 aromatic rings. The molecule has 2 saturated heterocycles. The lowest BCUT2D eigenvalue weighted by Gasteiger charge is -2.35. The van der Waals surface area contributed by atoms with Crippen LogP contribution in [0.5, 0.6) is 0 Å². The molecule has 1 aromatic heterocycles. The average Bonchev–Trinajstić information content (AvgIpc) is 1.45. The lowest BCUT2D eigenvalue weighted by Crippen LogP contribution is -2.56. The number of carboxylic acids is 8. The molecule has 6 amide bonds. The van der Waals surface area contributed by atoms with Crippen LogP contribution in [0.1, 0.15) is 96.4 Å². The first-order valence-electron chi connectivity index (χ1n) is 36.0. The summed E-state index contributed by atoms with van der Waals surface area (Å²) in [6.07, 6.45) is 2.48. The van der Waals surface area contributed by atoms with E-state index in [1.807, 2.05) is 27.7 Å². The molecule has 3 unspecified atom stereocenters. The van der Waals surface area contributed by atoms with E-state index in [4.69, 9.17) is 0 Å². The maximum absolute atomic E-state index is 14.3. The fourth-order valence-corrected chi connectivity index (χ4v) is 12.4. The van der Waals surface area contributed by atoms with Crippen molar-refractivity contribution < 1.29 is 108 Å². The predicted molar refractivity (Wildman–Crippen MR) is 383 cm³/mol. The minimum Gasteiger partial charge on any atom is -0.480 e. The summed E-state index contributed by atoms with van der Waals surface area (Å²) in [7, 11) is 0. The monoisotopic (exact) mass is 1510 g/mol. The Bertz CT molecular complexity index is 3180. The molecule has 0 radical (unpaired) electrons.